The Morgan fingerprint density at radius 1 is 0.714 bits per heavy atom. The summed E-state index contributed by atoms with van der Waals surface area (Å²) >= 11 is 3.60. The molecule has 0 unspecified atom stereocenters. The Kier molecular flexibility index (Phi) is 8.92. The van der Waals surface area contributed by atoms with Crippen molar-refractivity contribution in [2.24, 2.45) is 0 Å². The summed E-state index contributed by atoms with van der Waals surface area (Å²) in [5.41, 5.74) is 4.04. The standard InChI is InChI=1S/C26H36BrN/c1-2-3-4-5-6-7-8-9-10-11-12-13-15-21-16-14-17-23-24-20-22(27)18-19-25(24)28-26(21)23/h14,16-20,28H,2-13,15H2,1H3. The van der Waals surface area contributed by atoms with E-state index in [2.05, 4.69) is 64.2 Å². The molecular weight excluding hydrogens is 406 g/mol. The minimum atomic E-state index is 1.15. The zero-order valence-corrected chi connectivity index (χ0v) is 19.1. The first-order valence-corrected chi connectivity index (χ1v) is 12.3. The fraction of sp³-hybridized carbons (Fsp3) is 0.538. The maximum atomic E-state index is 3.65. The van der Waals surface area contributed by atoms with Gasteiger partial charge in [-0.2, -0.15) is 0 Å². The Morgan fingerprint density at radius 3 is 2.04 bits per heavy atom. The molecule has 3 rings (SSSR count). The van der Waals surface area contributed by atoms with E-state index in [0.29, 0.717) is 0 Å². The van der Waals surface area contributed by atoms with Gasteiger partial charge in [0, 0.05) is 26.3 Å². The summed E-state index contributed by atoms with van der Waals surface area (Å²) in [5, 5.41) is 2.67. The number of para-hydroxylation sites is 1. The van der Waals surface area contributed by atoms with Crippen molar-refractivity contribution >= 4 is 37.7 Å². The minimum Gasteiger partial charge on any atom is -0.354 e. The summed E-state index contributed by atoms with van der Waals surface area (Å²) in [4.78, 5) is 3.65. The van der Waals surface area contributed by atoms with Gasteiger partial charge in [0.15, 0.2) is 0 Å². The SMILES string of the molecule is CCCCCCCCCCCCCCc1cccc2c1[nH]c1ccc(Br)cc12. The normalized spacial score (nSPS) is 11.6. The number of hydrogen-bond acceptors (Lipinski definition) is 0. The van der Waals surface area contributed by atoms with Crippen molar-refractivity contribution in [2.45, 2.75) is 90.4 Å². The predicted octanol–water partition coefficient (Wildman–Crippen LogP) is 9.33. The fourth-order valence-electron chi connectivity index (χ4n) is 4.32. The van der Waals surface area contributed by atoms with Crippen molar-refractivity contribution < 1.29 is 0 Å². The maximum Gasteiger partial charge on any atom is 0.0497 e. The molecule has 0 radical (unpaired) electrons. The summed E-state index contributed by atoms with van der Waals surface area (Å²) in [6, 6.07) is 13.3. The molecule has 1 nitrogen and oxygen atoms in total. The highest BCUT2D eigenvalue weighted by atomic mass is 79.9. The first-order valence-electron chi connectivity index (χ1n) is 11.5. The van der Waals surface area contributed by atoms with Crippen LogP contribution in [0.25, 0.3) is 21.8 Å². The number of hydrogen-bond donors (Lipinski definition) is 1. The number of aryl methyl sites for hydroxylation is 1. The van der Waals surface area contributed by atoms with E-state index in [0.717, 1.165) is 4.47 Å². The van der Waals surface area contributed by atoms with Gasteiger partial charge in [0.25, 0.3) is 0 Å². The molecule has 2 heteroatoms. The molecule has 0 saturated heterocycles. The van der Waals surface area contributed by atoms with E-state index >= 15 is 0 Å². The Hall–Kier alpha value is -1.28. The molecule has 0 aliphatic heterocycles. The van der Waals surface area contributed by atoms with E-state index in [-0.39, 0.29) is 0 Å². The summed E-state index contributed by atoms with van der Waals surface area (Å²) in [7, 11) is 0. The minimum absolute atomic E-state index is 1.15. The Bertz CT molecular complexity index is 848. The molecule has 0 atom stereocenters. The second-order valence-corrected chi connectivity index (χ2v) is 9.21. The van der Waals surface area contributed by atoms with Crippen LogP contribution in [0.15, 0.2) is 40.9 Å². The van der Waals surface area contributed by atoms with Gasteiger partial charge in [0.05, 0.1) is 0 Å². The van der Waals surface area contributed by atoms with Gasteiger partial charge < -0.3 is 4.98 Å². The van der Waals surface area contributed by atoms with E-state index in [1.807, 2.05) is 0 Å². The van der Waals surface area contributed by atoms with Crippen molar-refractivity contribution in [3.8, 4) is 0 Å². The molecule has 3 aromatic rings. The van der Waals surface area contributed by atoms with Gasteiger partial charge in [-0.3, -0.25) is 0 Å². The number of nitrogens with one attached hydrogen (secondary N) is 1. The number of fused-ring (bicyclic) bond motifs is 3. The molecule has 0 saturated carbocycles. The number of rotatable bonds is 13. The smallest absolute Gasteiger partial charge is 0.0497 e. The van der Waals surface area contributed by atoms with Gasteiger partial charge in [-0.05, 0) is 36.6 Å². The molecule has 0 spiro atoms. The van der Waals surface area contributed by atoms with Crippen molar-refractivity contribution in [3.05, 3.63) is 46.4 Å². The second kappa shape index (κ2) is 11.7. The molecule has 0 aliphatic rings. The molecule has 0 bridgehead atoms. The average molecular weight is 442 g/mol. The van der Waals surface area contributed by atoms with Gasteiger partial charge in [-0.1, -0.05) is 112 Å². The van der Waals surface area contributed by atoms with Crippen LogP contribution in [-0.4, -0.2) is 4.98 Å². The summed E-state index contributed by atoms with van der Waals surface area (Å²) in [6.07, 6.45) is 18.1. The molecule has 1 aromatic heterocycles. The first kappa shape index (κ1) is 21.4. The number of aromatic amines is 1. The zero-order valence-electron chi connectivity index (χ0n) is 17.5. The largest absolute Gasteiger partial charge is 0.354 e. The molecule has 1 heterocycles. The summed E-state index contributed by atoms with van der Waals surface area (Å²) in [5.74, 6) is 0. The first-order chi connectivity index (χ1) is 13.8. The summed E-state index contributed by atoms with van der Waals surface area (Å²) in [6.45, 7) is 2.29. The molecule has 0 aliphatic carbocycles. The number of benzene rings is 2. The van der Waals surface area contributed by atoms with E-state index < -0.39 is 0 Å². The number of unbranched alkanes of at least 4 members (excludes halogenated alkanes) is 11. The van der Waals surface area contributed by atoms with E-state index in [1.54, 1.807) is 0 Å². The third-order valence-corrected chi connectivity index (χ3v) is 6.48. The number of aromatic nitrogens is 1. The van der Waals surface area contributed by atoms with Crippen molar-refractivity contribution in [2.75, 3.05) is 0 Å². The van der Waals surface area contributed by atoms with Gasteiger partial charge in [0.1, 0.15) is 0 Å². The topological polar surface area (TPSA) is 15.8 Å². The summed E-state index contributed by atoms with van der Waals surface area (Å²) < 4.78 is 1.15. The molecule has 152 valence electrons. The highest BCUT2D eigenvalue weighted by Crippen LogP contribution is 2.30. The number of halogens is 1. The third-order valence-electron chi connectivity index (χ3n) is 5.98. The molecule has 1 N–H and O–H groups in total. The van der Waals surface area contributed by atoms with Gasteiger partial charge >= 0.3 is 0 Å². The van der Waals surface area contributed by atoms with E-state index in [4.69, 9.17) is 0 Å². The second-order valence-electron chi connectivity index (χ2n) is 8.29. The lowest BCUT2D eigenvalue weighted by atomic mass is 10.0. The van der Waals surface area contributed by atoms with Crippen molar-refractivity contribution in [1.82, 2.24) is 4.98 Å². The quantitative estimate of drug-likeness (QED) is 0.254. The van der Waals surface area contributed by atoms with E-state index in [1.165, 1.54) is 111 Å². The highest BCUT2D eigenvalue weighted by molar-refractivity contribution is 9.10. The molecule has 0 fully saturated rings. The van der Waals surface area contributed by atoms with Crippen LogP contribution in [-0.2, 0) is 6.42 Å². The van der Waals surface area contributed by atoms with Crippen LogP contribution in [0.2, 0.25) is 0 Å². The Morgan fingerprint density at radius 2 is 1.36 bits per heavy atom. The lowest BCUT2D eigenvalue weighted by molar-refractivity contribution is 0.544. The molecule has 0 amide bonds. The fourth-order valence-corrected chi connectivity index (χ4v) is 4.68. The zero-order chi connectivity index (χ0) is 19.6. The van der Waals surface area contributed by atoms with Crippen molar-refractivity contribution in [3.63, 3.8) is 0 Å². The van der Waals surface area contributed by atoms with Crippen LogP contribution < -0.4 is 0 Å². The van der Waals surface area contributed by atoms with Crippen LogP contribution in [0.4, 0.5) is 0 Å². The van der Waals surface area contributed by atoms with E-state index in [9.17, 15) is 0 Å². The maximum absolute atomic E-state index is 3.65. The van der Waals surface area contributed by atoms with Gasteiger partial charge in [-0.15, -0.1) is 0 Å². The monoisotopic (exact) mass is 441 g/mol. The molecule has 2 aromatic carbocycles. The van der Waals surface area contributed by atoms with Crippen LogP contribution >= 0.6 is 15.9 Å². The van der Waals surface area contributed by atoms with Gasteiger partial charge in [-0.25, -0.2) is 0 Å². The van der Waals surface area contributed by atoms with Gasteiger partial charge in [0.2, 0.25) is 0 Å². The van der Waals surface area contributed by atoms with Crippen LogP contribution in [0, 0.1) is 0 Å². The van der Waals surface area contributed by atoms with Crippen molar-refractivity contribution in [1.29, 1.82) is 0 Å². The third kappa shape index (κ3) is 6.11. The average Bonchev–Trinajstić information content (AvgIpc) is 3.07. The molecular formula is C26H36BrN. The Labute approximate surface area is 179 Å². The number of H-pyrrole nitrogens is 1. The lowest BCUT2D eigenvalue weighted by Gasteiger charge is -2.05. The molecule has 28 heavy (non-hydrogen) atoms. The Balaban J connectivity index is 1.36. The highest BCUT2D eigenvalue weighted by Gasteiger charge is 2.08. The van der Waals surface area contributed by atoms with Crippen LogP contribution in [0.1, 0.15) is 89.5 Å². The lowest BCUT2D eigenvalue weighted by Crippen LogP contribution is -1.88. The van der Waals surface area contributed by atoms with Crippen LogP contribution in [0.3, 0.4) is 0 Å². The predicted molar refractivity (Wildman–Crippen MR) is 128 cm³/mol. The van der Waals surface area contributed by atoms with Crippen LogP contribution in [0.5, 0.6) is 0 Å².